The van der Waals surface area contributed by atoms with Gasteiger partial charge in [-0.05, 0) is 37.1 Å². The van der Waals surface area contributed by atoms with Gasteiger partial charge in [-0.25, -0.2) is 0 Å². The summed E-state index contributed by atoms with van der Waals surface area (Å²) in [7, 11) is 0. The molecule has 0 aromatic heterocycles. The summed E-state index contributed by atoms with van der Waals surface area (Å²) in [5.74, 6) is -0.0776. The summed E-state index contributed by atoms with van der Waals surface area (Å²) in [6, 6.07) is 4.92. The van der Waals surface area contributed by atoms with Crippen molar-refractivity contribution in [3.63, 3.8) is 0 Å². The Morgan fingerprint density at radius 3 is 2.44 bits per heavy atom. The van der Waals surface area contributed by atoms with E-state index < -0.39 is 0 Å². The van der Waals surface area contributed by atoms with Crippen molar-refractivity contribution in [2.24, 2.45) is 0 Å². The Kier molecular flexibility index (Phi) is 5.04. The summed E-state index contributed by atoms with van der Waals surface area (Å²) in [5.41, 5.74) is 1.58. The maximum atomic E-state index is 11.9. The van der Waals surface area contributed by atoms with Crippen molar-refractivity contribution in [2.75, 3.05) is 0 Å². The van der Waals surface area contributed by atoms with Gasteiger partial charge in [0, 0.05) is 10.6 Å². The number of carbonyl (C=O) groups excluding carboxylic acids is 1. The van der Waals surface area contributed by atoms with E-state index in [-0.39, 0.29) is 5.78 Å². The molecule has 16 heavy (non-hydrogen) atoms. The molecule has 0 saturated heterocycles. The Hall–Kier alpha value is -0.790. The molecule has 0 amide bonds. The van der Waals surface area contributed by atoms with Crippen LogP contribution in [0.3, 0.4) is 0 Å². The van der Waals surface area contributed by atoms with Gasteiger partial charge >= 0.3 is 0 Å². The van der Waals surface area contributed by atoms with Crippen LogP contribution in [0, 0.1) is 0 Å². The Bertz CT molecular complexity index is 416. The second-order valence-electron chi connectivity index (χ2n) is 3.50. The van der Waals surface area contributed by atoms with Crippen molar-refractivity contribution in [2.45, 2.75) is 26.7 Å². The van der Waals surface area contributed by atoms with E-state index in [4.69, 9.17) is 23.2 Å². The van der Waals surface area contributed by atoms with Crippen LogP contribution >= 0.6 is 23.2 Å². The number of benzene rings is 1. The fraction of sp³-hybridized carbons (Fsp3) is 0.308. The van der Waals surface area contributed by atoms with Crippen LogP contribution in [0.4, 0.5) is 0 Å². The van der Waals surface area contributed by atoms with Gasteiger partial charge in [0.25, 0.3) is 0 Å². The van der Waals surface area contributed by atoms with Crippen molar-refractivity contribution in [3.8, 4) is 0 Å². The van der Waals surface area contributed by atoms with Crippen molar-refractivity contribution in [1.82, 2.24) is 0 Å². The molecule has 0 saturated carbocycles. The highest BCUT2D eigenvalue weighted by Crippen LogP contribution is 2.22. The fourth-order valence-electron chi connectivity index (χ4n) is 1.40. The molecule has 0 N–H and O–H groups in total. The summed E-state index contributed by atoms with van der Waals surface area (Å²) in [6.45, 7) is 4.06. The van der Waals surface area contributed by atoms with E-state index in [9.17, 15) is 4.79 Å². The normalized spacial score (nSPS) is 10.0. The summed E-state index contributed by atoms with van der Waals surface area (Å²) in [6.07, 6.45) is 3.40. The van der Waals surface area contributed by atoms with Crippen LogP contribution in [0.1, 0.15) is 37.0 Å². The first-order valence-electron chi connectivity index (χ1n) is 5.27. The minimum absolute atomic E-state index is 0.0776. The van der Waals surface area contributed by atoms with E-state index >= 15 is 0 Å². The Morgan fingerprint density at radius 2 is 1.88 bits per heavy atom. The summed E-state index contributed by atoms with van der Waals surface area (Å²) >= 11 is 11.8. The second-order valence-corrected chi connectivity index (χ2v) is 4.34. The van der Waals surface area contributed by atoms with Crippen molar-refractivity contribution < 1.29 is 4.79 Å². The van der Waals surface area contributed by atoms with Crippen molar-refractivity contribution in [3.05, 3.63) is 45.5 Å². The van der Waals surface area contributed by atoms with Gasteiger partial charge in [0.1, 0.15) is 0 Å². The van der Waals surface area contributed by atoms with E-state index in [1.54, 1.807) is 24.3 Å². The minimum atomic E-state index is -0.0776. The van der Waals surface area contributed by atoms with E-state index in [0.29, 0.717) is 15.6 Å². The van der Waals surface area contributed by atoms with Gasteiger partial charge in [-0.1, -0.05) is 42.6 Å². The number of hydrogen-bond donors (Lipinski definition) is 0. The third-order valence-electron chi connectivity index (χ3n) is 2.44. The Balaban J connectivity index is 3.05. The molecule has 0 aliphatic heterocycles. The van der Waals surface area contributed by atoms with Crippen LogP contribution < -0.4 is 0 Å². The monoisotopic (exact) mass is 256 g/mol. The highest BCUT2D eigenvalue weighted by molar-refractivity contribution is 6.36. The first-order valence-corrected chi connectivity index (χ1v) is 6.02. The molecule has 0 unspecified atom stereocenters. The quantitative estimate of drug-likeness (QED) is 0.552. The molecule has 0 heterocycles. The van der Waals surface area contributed by atoms with Crippen LogP contribution in [0.5, 0.6) is 0 Å². The summed E-state index contributed by atoms with van der Waals surface area (Å²) in [5, 5.41) is 0.966. The highest BCUT2D eigenvalue weighted by Gasteiger charge is 2.09. The third-order valence-corrected chi connectivity index (χ3v) is 3.00. The van der Waals surface area contributed by atoms with Crippen LogP contribution in [-0.4, -0.2) is 5.78 Å². The summed E-state index contributed by atoms with van der Waals surface area (Å²) < 4.78 is 0. The first-order chi connectivity index (χ1) is 7.58. The summed E-state index contributed by atoms with van der Waals surface area (Å²) in [4.78, 5) is 11.9. The van der Waals surface area contributed by atoms with Gasteiger partial charge in [0.2, 0.25) is 0 Å². The molecular weight excluding hydrogens is 243 g/mol. The first kappa shape index (κ1) is 13.3. The maximum absolute atomic E-state index is 11.9. The van der Waals surface area contributed by atoms with Gasteiger partial charge in [-0.15, -0.1) is 0 Å². The van der Waals surface area contributed by atoms with Crippen molar-refractivity contribution in [1.29, 1.82) is 0 Å². The van der Waals surface area contributed by atoms with Gasteiger partial charge in [0.15, 0.2) is 5.78 Å². The molecular formula is C13H14Cl2O. The van der Waals surface area contributed by atoms with Gasteiger partial charge < -0.3 is 0 Å². The molecule has 1 nitrogen and oxygen atoms in total. The molecule has 1 aromatic carbocycles. The molecule has 0 fully saturated rings. The zero-order valence-corrected chi connectivity index (χ0v) is 10.9. The molecule has 0 aliphatic carbocycles. The predicted octanol–water partition coefficient (Wildman–Crippen LogP) is 4.92. The van der Waals surface area contributed by atoms with Crippen LogP contribution in [0.25, 0.3) is 0 Å². The number of rotatable bonds is 4. The number of ketones is 1. The third kappa shape index (κ3) is 3.36. The van der Waals surface area contributed by atoms with Crippen LogP contribution in [-0.2, 0) is 0 Å². The van der Waals surface area contributed by atoms with Gasteiger partial charge in [0.05, 0.1) is 5.02 Å². The molecule has 1 rings (SSSR count). The smallest absolute Gasteiger partial charge is 0.187 e. The molecule has 0 radical (unpaired) electrons. The molecule has 86 valence electrons. The van der Waals surface area contributed by atoms with E-state index in [2.05, 4.69) is 0 Å². The Labute approximate surface area is 106 Å². The van der Waals surface area contributed by atoms with Crippen molar-refractivity contribution >= 4 is 29.0 Å². The zero-order chi connectivity index (χ0) is 12.1. The fourth-order valence-corrected chi connectivity index (χ4v) is 1.79. The molecule has 0 aliphatic rings. The lowest BCUT2D eigenvalue weighted by Gasteiger charge is -2.03. The molecule has 0 spiro atoms. The topological polar surface area (TPSA) is 17.1 Å². The van der Waals surface area contributed by atoms with Gasteiger partial charge in [-0.3, -0.25) is 4.79 Å². The predicted molar refractivity (Wildman–Crippen MR) is 69.5 cm³/mol. The van der Waals surface area contributed by atoms with Gasteiger partial charge in [-0.2, -0.15) is 0 Å². The molecule has 0 bridgehead atoms. The minimum Gasteiger partial charge on any atom is -0.289 e. The van der Waals surface area contributed by atoms with E-state index in [1.807, 2.05) is 13.8 Å². The van der Waals surface area contributed by atoms with Crippen LogP contribution in [0.15, 0.2) is 29.8 Å². The average molecular weight is 257 g/mol. The SMILES string of the molecule is CCC(=CC(=O)c1cc(Cl)ccc1Cl)CC. The molecule has 0 atom stereocenters. The number of allylic oxidation sites excluding steroid dienone is 2. The molecule has 3 heteroatoms. The van der Waals surface area contributed by atoms with E-state index in [1.165, 1.54) is 0 Å². The maximum Gasteiger partial charge on any atom is 0.187 e. The zero-order valence-electron chi connectivity index (χ0n) is 9.39. The standard InChI is InChI=1S/C13H14Cl2O/c1-3-9(4-2)7-13(16)11-8-10(14)5-6-12(11)15/h5-8H,3-4H2,1-2H3. The van der Waals surface area contributed by atoms with E-state index in [0.717, 1.165) is 18.4 Å². The number of carbonyl (C=O) groups is 1. The number of halogens is 2. The lowest BCUT2D eigenvalue weighted by Crippen LogP contribution is -1.97. The largest absolute Gasteiger partial charge is 0.289 e. The average Bonchev–Trinajstić information content (AvgIpc) is 2.28. The number of hydrogen-bond acceptors (Lipinski definition) is 1. The van der Waals surface area contributed by atoms with Crippen LogP contribution in [0.2, 0.25) is 10.0 Å². The highest BCUT2D eigenvalue weighted by atomic mass is 35.5. The Morgan fingerprint density at radius 1 is 1.25 bits per heavy atom. The lowest BCUT2D eigenvalue weighted by atomic mass is 10.0. The second kappa shape index (κ2) is 6.07. The molecule has 1 aromatic rings. The lowest BCUT2D eigenvalue weighted by molar-refractivity contribution is 0.104.